The number of nitrogens with zero attached hydrogens (tertiary/aromatic N) is 3. The molecule has 0 N–H and O–H groups in total. The first kappa shape index (κ1) is 8.44. The van der Waals surface area contributed by atoms with Gasteiger partial charge in [-0.05, 0) is 22.6 Å². The van der Waals surface area contributed by atoms with Crippen LogP contribution < -0.4 is 0 Å². The van der Waals surface area contributed by atoms with Gasteiger partial charge in [-0.1, -0.05) is 5.21 Å². The zero-order valence-electron chi connectivity index (χ0n) is 5.82. The van der Waals surface area contributed by atoms with Crippen LogP contribution in [-0.4, -0.2) is 28.1 Å². The van der Waals surface area contributed by atoms with Crippen molar-refractivity contribution in [1.82, 2.24) is 15.0 Å². The van der Waals surface area contributed by atoms with Gasteiger partial charge >= 0.3 is 5.97 Å². The van der Waals surface area contributed by atoms with Crippen LogP contribution in [0.15, 0.2) is 6.20 Å². The minimum absolute atomic E-state index is 0.118. The molecule has 5 nitrogen and oxygen atoms in total. The van der Waals surface area contributed by atoms with Crippen molar-refractivity contribution < 1.29 is 9.53 Å². The Morgan fingerprint density at radius 1 is 1.91 bits per heavy atom. The highest BCUT2D eigenvalue weighted by Crippen LogP contribution is 1.96. The third kappa shape index (κ3) is 2.45. The van der Waals surface area contributed by atoms with Gasteiger partial charge in [0.1, 0.15) is 10.2 Å². The molecule has 0 saturated heterocycles. The number of hydrogen-bond donors (Lipinski definition) is 0. The van der Waals surface area contributed by atoms with E-state index in [4.69, 9.17) is 0 Å². The molecule has 0 radical (unpaired) electrons. The molecule has 60 valence electrons. The molecule has 0 aromatic carbocycles. The molecule has 0 aliphatic carbocycles. The van der Waals surface area contributed by atoms with Crippen LogP contribution in [0, 0.1) is 3.70 Å². The third-order valence-electron chi connectivity index (χ3n) is 1.03. The van der Waals surface area contributed by atoms with E-state index < -0.39 is 0 Å². The summed E-state index contributed by atoms with van der Waals surface area (Å²) in [5, 5.41) is 7.36. The van der Waals surface area contributed by atoms with Crippen molar-refractivity contribution in [3.8, 4) is 0 Å². The van der Waals surface area contributed by atoms with E-state index in [0.29, 0.717) is 0 Å². The first-order valence-electron chi connectivity index (χ1n) is 2.85. The maximum Gasteiger partial charge on any atom is 0.327 e. The molecule has 0 bridgehead atoms. The van der Waals surface area contributed by atoms with E-state index in [9.17, 15) is 4.79 Å². The van der Waals surface area contributed by atoms with Crippen molar-refractivity contribution in [2.45, 2.75) is 6.54 Å². The van der Waals surface area contributed by atoms with E-state index in [2.05, 4.69) is 15.0 Å². The van der Waals surface area contributed by atoms with Crippen LogP contribution in [0.25, 0.3) is 0 Å². The van der Waals surface area contributed by atoms with Gasteiger partial charge in [-0.15, -0.1) is 5.10 Å². The standard InChI is InChI=1S/C5H6IN3O2/c1-11-5(10)3-9-2-4(6)7-8-9/h2H,3H2,1H3. The highest BCUT2D eigenvalue weighted by molar-refractivity contribution is 14.1. The molecule has 1 rings (SSSR count). The number of halogens is 1. The van der Waals surface area contributed by atoms with Gasteiger partial charge in [0.15, 0.2) is 0 Å². The molecule has 0 unspecified atom stereocenters. The van der Waals surface area contributed by atoms with E-state index in [-0.39, 0.29) is 12.5 Å². The topological polar surface area (TPSA) is 57.0 Å². The Hall–Kier alpha value is -0.660. The molecule has 0 aliphatic heterocycles. The molecule has 1 heterocycles. The Bertz CT molecular complexity index is 260. The van der Waals surface area contributed by atoms with Gasteiger partial charge in [0.25, 0.3) is 0 Å². The summed E-state index contributed by atoms with van der Waals surface area (Å²) in [4.78, 5) is 10.7. The van der Waals surface area contributed by atoms with Gasteiger partial charge in [0.2, 0.25) is 0 Å². The lowest BCUT2D eigenvalue weighted by Crippen LogP contribution is -2.11. The number of ether oxygens (including phenoxy) is 1. The van der Waals surface area contributed by atoms with E-state index >= 15 is 0 Å². The maximum absolute atomic E-state index is 10.7. The fourth-order valence-electron chi connectivity index (χ4n) is 0.549. The van der Waals surface area contributed by atoms with E-state index in [1.54, 1.807) is 6.20 Å². The first-order valence-corrected chi connectivity index (χ1v) is 3.92. The highest BCUT2D eigenvalue weighted by Gasteiger charge is 2.02. The fourth-order valence-corrected chi connectivity index (χ4v) is 0.967. The Balaban J connectivity index is 2.57. The third-order valence-corrected chi connectivity index (χ3v) is 1.52. The van der Waals surface area contributed by atoms with Crippen molar-refractivity contribution in [3.63, 3.8) is 0 Å². The molecular weight excluding hydrogens is 261 g/mol. The van der Waals surface area contributed by atoms with Gasteiger partial charge in [0, 0.05) is 0 Å². The van der Waals surface area contributed by atoms with Crippen LogP contribution in [0.1, 0.15) is 0 Å². The largest absolute Gasteiger partial charge is 0.468 e. The van der Waals surface area contributed by atoms with Gasteiger partial charge in [0.05, 0.1) is 13.3 Å². The average Bonchev–Trinajstić information content (AvgIpc) is 2.35. The van der Waals surface area contributed by atoms with Crippen LogP contribution in [-0.2, 0) is 16.1 Å². The summed E-state index contributed by atoms with van der Waals surface area (Å²) in [6.45, 7) is 0.118. The van der Waals surface area contributed by atoms with Crippen molar-refractivity contribution in [2.75, 3.05) is 7.11 Å². The number of esters is 1. The molecule has 1 aromatic rings. The number of carbonyl (C=O) groups is 1. The summed E-state index contributed by atoms with van der Waals surface area (Å²) >= 11 is 2.01. The second kappa shape index (κ2) is 3.65. The SMILES string of the molecule is COC(=O)Cn1cc(I)nn1. The summed E-state index contributed by atoms with van der Waals surface area (Å²) < 4.78 is 6.61. The van der Waals surface area contributed by atoms with Crippen LogP contribution in [0.3, 0.4) is 0 Å². The lowest BCUT2D eigenvalue weighted by atomic mass is 10.6. The van der Waals surface area contributed by atoms with Crippen LogP contribution in [0.4, 0.5) is 0 Å². The minimum atomic E-state index is -0.327. The zero-order chi connectivity index (χ0) is 8.27. The Morgan fingerprint density at radius 2 is 2.64 bits per heavy atom. The normalized spacial score (nSPS) is 9.64. The first-order chi connectivity index (χ1) is 5.22. The van der Waals surface area contributed by atoms with Gasteiger partial charge in [-0.25, -0.2) is 4.68 Å². The second-order valence-corrected chi connectivity index (χ2v) is 2.92. The molecule has 6 heteroatoms. The number of carbonyl (C=O) groups excluding carboxylic acids is 1. The van der Waals surface area contributed by atoms with Crippen LogP contribution in [0.5, 0.6) is 0 Å². The Kier molecular flexibility index (Phi) is 2.80. The smallest absolute Gasteiger partial charge is 0.327 e. The molecule has 11 heavy (non-hydrogen) atoms. The van der Waals surface area contributed by atoms with E-state index in [1.807, 2.05) is 22.6 Å². The number of methoxy groups -OCH3 is 1. The fraction of sp³-hybridized carbons (Fsp3) is 0.400. The Labute approximate surface area is 76.9 Å². The van der Waals surface area contributed by atoms with Crippen LogP contribution >= 0.6 is 22.6 Å². The van der Waals surface area contributed by atoms with Crippen molar-refractivity contribution in [3.05, 3.63) is 9.90 Å². The molecule has 0 fully saturated rings. The number of aromatic nitrogens is 3. The van der Waals surface area contributed by atoms with Crippen molar-refractivity contribution in [2.24, 2.45) is 0 Å². The molecule has 1 aromatic heterocycles. The lowest BCUT2D eigenvalue weighted by Gasteiger charge is -1.95. The summed E-state index contributed by atoms with van der Waals surface area (Å²) in [6.07, 6.45) is 1.66. The predicted molar refractivity (Wildman–Crippen MR) is 44.8 cm³/mol. The van der Waals surface area contributed by atoms with Gasteiger partial charge in [-0.2, -0.15) is 0 Å². The number of hydrogen-bond acceptors (Lipinski definition) is 4. The van der Waals surface area contributed by atoms with Crippen molar-refractivity contribution in [1.29, 1.82) is 0 Å². The van der Waals surface area contributed by atoms with Gasteiger partial charge < -0.3 is 4.74 Å². The quantitative estimate of drug-likeness (QED) is 0.561. The molecular formula is C5H6IN3O2. The van der Waals surface area contributed by atoms with E-state index in [0.717, 1.165) is 3.70 Å². The highest BCUT2D eigenvalue weighted by atomic mass is 127. The molecule has 0 spiro atoms. The monoisotopic (exact) mass is 267 g/mol. The summed E-state index contributed by atoms with van der Waals surface area (Å²) in [5.74, 6) is -0.327. The molecule has 0 atom stereocenters. The number of rotatable bonds is 2. The average molecular weight is 267 g/mol. The summed E-state index contributed by atoms with van der Waals surface area (Å²) in [7, 11) is 1.34. The second-order valence-electron chi connectivity index (χ2n) is 1.81. The predicted octanol–water partition coefficient (Wildman–Crippen LogP) is 0.0557. The zero-order valence-corrected chi connectivity index (χ0v) is 7.98. The maximum atomic E-state index is 10.7. The Morgan fingerprint density at radius 3 is 3.09 bits per heavy atom. The minimum Gasteiger partial charge on any atom is -0.468 e. The van der Waals surface area contributed by atoms with E-state index in [1.165, 1.54) is 11.8 Å². The summed E-state index contributed by atoms with van der Waals surface area (Å²) in [6, 6.07) is 0. The summed E-state index contributed by atoms with van der Waals surface area (Å²) in [5.41, 5.74) is 0. The lowest BCUT2D eigenvalue weighted by molar-refractivity contribution is -0.141. The molecule has 0 amide bonds. The van der Waals surface area contributed by atoms with Crippen LogP contribution in [0.2, 0.25) is 0 Å². The van der Waals surface area contributed by atoms with Gasteiger partial charge in [-0.3, -0.25) is 4.79 Å². The van der Waals surface area contributed by atoms with Crippen molar-refractivity contribution >= 4 is 28.6 Å². The molecule has 0 aliphatic rings. The molecule has 0 saturated carbocycles.